The second-order valence-corrected chi connectivity index (χ2v) is 7.45. The average Bonchev–Trinajstić information content (AvgIpc) is 2.77. The van der Waals surface area contributed by atoms with Crippen LogP contribution in [0.4, 0.5) is 0 Å². The van der Waals surface area contributed by atoms with Crippen LogP contribution in [0.5, 0.6) is 0 Å². The minimum absolute atomic E-state index is 0.0293. The molecule has 0 saturated carbocycles. The van der Waals surface area contributed by atoms with Crippen molar-refractivity contribution in [2.24, 2.45) is 0 Å². The second-order valence-electron chi connectivity index (χ2n) is 4.38. The van der Waals surface area contributed by atoms with Gasteiger partial charge in [0.15, 0.2) is 4.21 Å². The van der Waals surface area contributed by atoms with Gasteiger partial charge in [-0.05, 0) is 6.92 Å². The molecule has 1 aromatic rings. The molecule has 1 atom stereocenters. The number of aromatic amines is 1. The number of likely N-dealkylation sites (N-methyl/N-ethyl adjacent to an activating group) is 1. The zero-order valence-electron chi connectivity index (χ0n) is 11.1. The summed E-state index contributed by atoms with van der Waals surface area (Å²) in [4.78, 5) is 25.2. The fraction of sp³-hybridized carbons (Fsp3) is 0.600. The van der Waals surface area contributed by atoms with Gasteiger partial charge in [-0.1, -0.05) is 11.3 Å². The number of aryl methyl sites for hydroxylation is 1. The Bertz CT molecular complexity index is 663. The topological polar surface area (TPSA) is 111 Å². The van der Waals surface area contributed by atoms with Gasteiger partial charge in [-0.3, -0.25) is 9.59 Å². The first kappa shape index (κ1) is 15.2. The maximum absolute atomic E-state index is 12.6. The monoisotopic (exact) mass is 320 g/mol. The first-order valence-electron chi connectivity index (χ1n) is 6.01. The summed E-state index contributed by atoms with van der Waals surface area (Å²) in [5, 5.41) is 5.45. The summed E-state index contributed by atoms with van der Waals surface area (Å²) in [5.41, 5.74) is 0.300. The van der Waals surface area contributed by atoms with E-state index in [0.717, 1.165) is 4.31 Å². The molecule has 1 amide bonds. The number of rotatable bonds is 3. The van der Waals surface area contributed by atoms with Gasteiger partial charge in [-0.25, -0.2) is 8.42 Å². The summed E-state index contributed by atoms with van der Waals surface area (Å²) in [7, 11) is -2.40. The highest BCUT2D eigenvalue weighted by Crippen LogP contribution is 2.23. The van der Waals surface area contributed by atoms with Gasteiger partial charge in [0, 0.05) is 32.4 Å². The molecule has 1 saturated heterocycles. The van der Waals surface area contributed by atoms with E-state index in [2.05, 4.69) is 15.6 Å². The third kappa shape index (κ3) is 2.64. The quantitative estimate of drug-likeness (QED) is 0.624. The van der Waals surface area contributed by atoms with Gasteiger partial charge in [0.25, 0.3) is 10.0 Å². The van der Waals surface area contributed by atoms with Crippen molar-refractivity contribution in [3.63, 3.8) is 0 Å². The van der Waals surface area contributed by atoms with Crippen LogP contribution in [0.25, 0.3) is 0 Å². The molecule has 1 fully saturated rings. The minimum Gasteiger partial charge on any atom is -0.358 e. The average molecular weight is 320 g/mol. The molecule has 112 valence electrons. The lowest BCUT2D eigenvalue weighted by atomic mass is 10.2. The molecule has 10 heteroatoms. The van der Waals surface area contributed by atoms with E-state index in [9.17, 15) is 18.0 Å². The standard InChI is InChI=1S/C10H16N4O4S2/c1-6-9(19-10(16)13-6)20(17,18)14-4-3-12-5-7(14)8(15)11-2/h7,12H,3-5H2,1-2H3,(H,11,15)(H,13,16). The maximum atomic E-state index is 12.6. The molecule has 3 N–H and O–H groups in total. The van der Waals surface area contributed by atoms with Crippen LogP contribution in [0.2, 0.25) is 0 Å². The third-order valence-corrected chi connectivity index (χ3v) is 6.56. The molecule has 0 aliphatic carbocycles. The lowest BCUT2D eigenvalue weighted by Gasteiger charge is -2.33. The van der Waals surface area contributed by atoms with Crippen molar-refractivity contribution in [1.29, 1.82) is 0 Å². The van der Waals surface area contributed by atoms with Crippen molar-refractivity contribution >= 4 is 27.3 Å². The number of thiazole rings is 1. The Morgan fingerprint density at radius 3 is 2.75 bits per heavy atom. The second kappa shape index (κ2) is 5.64. The normalized spacial score (nSPS) is 20.8. The largest absolute Gasteiger partial charge is 0.358 e. The van der Waals surface area contributed by atoms with E-state index in [4.69, 9.17) is 0 Å². The Kier molecular flexibility index (Phi) is 4.28. The first-order valence-corrected chi connectivity index (χ1v) is 8.27. The smallest absolute Gasteiger partial charge is 0.305 e. The number of piperazine rings is 1. The molecular formula is C10H16N4O4S2. The van der Waals surface area contributed by atoms with Crippen molar-refractivity contribution in [3.8, 4) is 0 Å². The summed E-state index contributed by atoms with van der Waals surface area (Å²) in [5.74, 6) is -0.374. The summed E-state index contributed by atoms with van der Waals surface area (Å²) in [6.07, 6.45) is 0. The lowest BCUT2D eigenvalue weighted by molar-refractivity contribution is -0.124. The first-order chi connectivity index (χ1) is 9.37. The van der Waals surface area contributed by atoms with E-state index in [-0.39, 0.29) is 23.2 Å². The Labute approximate surface area is 120 Å². The highest BCUT2D eigenvalue weighted by molar-refractivity contribution is 7.91. The van der Waals surface area contributed by atoms with Crippen LogP contribution in [0.3, 0.4) is 0 Å². The van der Waals surface area contributed by atoms with Crippen LogP contribution in [0.15, 0.2) is 9.00 Å². The van der Waals surface area contributed by atoms with Crippen LogP contribution in [0.1, 0.15) is 5.69 Å². The molecule has 1 aromatic heterocycles. The van der Waals surface area contributed by atoms with Gasteiger partial charge in [0.05, 0.1) is 0 Å². The highest BCUT2D eigenvalue weighted by Gasteiger charge is 2.38. The fourth-order valence-corrected chi connectivity index (χ4v) is 5.11. The van der Waals surface area contributed by atoms with Crippen LogP contribution < -0.4 is 15.5 Å². The maximum Gasteiger partial charge on any atom is 0.305 e. The van der Waals surface area contributed by atoms with E-state index in [1.54, 1.807) is 0 Å². The predicted octanol–water partition coefficient (Wildman–Crippen LogP) is -1.55. The zero-order valence-corrected chi connectivity index (χ0v) is 12.7. The van der Waals surface area contributed by atoms with Crippen molar-refractivity contribution < 1.29 is 13.2 Å². The molecule has 0 bridgehead atoms. The molecule has 0 radical (unpaired) electrons. The van der Waals surface area contributed by atoms with Crippen LogP contribution in [0, 0.1) is 6.92 Å². The zero-order chi connectivity index (χ0) is 14.9. The van der Waals surface area contributed by atoms with Gasteiger partial charge < -0.3 is 15.6 Å². The highest BCUT2D eigenvalue weighted by atomic mass is 32.2. The number of carbonyl (C=O) groups excluding carboxylic acids is 1. The van der Waals surface area contributed by atoms with E-state index >= 15 is 0 Å². The van der Waals surface area contributed by atoms with Crippen molar-refractivity contribution in [2.45, 2.75) is 17.2 Å². The van der Waals surface area contributed by atoms with Crippen molar-refractivity contribution in [1.82, 2.24) is 19.9 Å². The Morgan fingerprint density at radius 2 is 2.20 bits per heavy atom. The van der Waals surface area contributed by atoms with E-state index < -0.39 is 20.9 Å². The van der Waals surface area contributed by atoms with Gasteiger partial charge in [0.2, 0.25) is 5.91 Å². The van der Waals surface area contributed by atoms with Crippen LogP contribution >= 0.6 is 11.3 Å². The molecule has 0 aromatic carbocycles. The summed E-state index contributed by atoms with van der Waals surface area (Å²) in [6.45, 7) is 2.43. The van der Waals surface area contributed by atoms with Crippen LogP contribution in [-0.2, 0) is 14.8 Å². The van der Waals surface area contributed by atoms with E-state index in [1.165, 1.54) is 14.0 Å². The third-order valence-electron chi connectivity index (χ3n) is 3.07. The number of aromatic nitrogens is 1. The fourth-order valence-electron chi connectivity index (χ4n) is 2.11. The summed E-state index contributed by atoms with van der Waals surface area (Å²) < 4.78 is 26.4. The molecule has 8 nitrogen and oxygen atoms in total. The number of H-pyrrole nitrogens is 1. The Balaban J connectivity index is 2.43. The molecule has 0 spiro atoms. The summed E-state index contributed by atoms with van der Waals surface area (Å²) in [6, 6.07) is -0.810. The molecule has 1 aliphatic rings. The van der Waals surface area contributed by atoms with Gasteiger partial charge in [-0.2, -0.15) is 4.31 Å². The number of hydrogen-bond donors (Lipinski definition) is 3. The Morgan fingerprint density at radius 1 is 1.50 bits per heavy atom. The molecule has 1 unspecified atom stereocenters. The Hall–Kier alpha value is -1.23. The number of nitrogens with one attached hydrogen (secondary N) is 3. The van der Waals surface area contributed by atoms with Gasteiger partial charge in [-0.15, -0.1) is 0 Å². The molecule has 20 heavy (non-hydrogen) atoms. The molecule has 2 heterocycles. The minimum atomic E-state index is -3.86. The number of sulfonamides is 1. The lowest BCUT2D eigenvalue weighted by Crippen LogP contribution is -2.59. The van der Waals surface area contributed by atoms with E-state index in [0.29, 0.717) is 23.6 Å². The molecule has 1 aliphatic heterocycles. The number of hydrogen-bond acceptors (Lipinski definition) is 6. The van der Waals surface area contributed by atoms with Gasteiger partial charge in [0.1, 0.15) is 6.04 Å². The molecule has 2 rings (SSSR count). The number of carbonyl (C=O) groups is 1. The van der Waals surface area contributed by atoms with Crippen LogP contribution in [-0.4, -0.2) is 56.3 Å². The van der Waals surface area contributed by atoms with Crippen molar-refractivity contribution in [2.75, 3.05) is 26.7 Å². The number of amides is 1. The SMILES string of the molecule is CNC(=O)C1CNCCN1S(=O)(=O)c1sc(=O)[nH]c1C. The van der Waals surface area contributed by atoms with E-state index in [1.807, 2.05) is 0 Å². The van der Waals surface area contributed by atoms with Gasteiger partial charge >= 0.3 is 4.87 Å². The summed E-state index contributed by atoms with van der Waals surface area (Å²) >= 11 is 0.643. The molecular weight excluding hydrogens is 304 g/mol. The number of nitrogens with zero attached hydrogens (tertiary/aromatic N) is 1. The predicted molar refractivity (Wildman–Crippen MR) is 74.3 cm³/mol. The van der Waals surface area contributed by atoms with Crippen molar-refractivity contribution in [3.05, 3.63) is 15.4 Å².